The summed E-state index contributed by atoms with van der Waals surface area (Å²) in [7, 11) is 1.47. The maximum atomic E-state index is 12.5. The maximum Gasteiger partial charge on any atom is 0.290 e. The second-order valence-corrected chi connectivity index (χ2v) is 5.58. The topological polar surface area (TPSA) is 88.2 Å². The number of imidazole rings is 1. The van der Waals surface area contributed by atoms with Crippen LogP contribution in [0.25, 0.3) is 5.65 Å². The lowest BCUT2D eigenvalue weighted by Crippen LogP contribution is -2.20. The van der Waals surface area contributed by atoms with Crippen molar-refractivity contribution in [1.82, 2.24) is 14.8 Å². The van der Waals surface area contributed by atoms with Gasteiger partial charge in [0.1, 0.15) is 11.3 Å². The molecule has 25 heavy (non-hydrogen) atoms. The van der Waals surface area contributed by atoms with Gasteiger partial charge in [0, 0.05) is 11.8 Å². The van der Waals surface area contributed by atoms with Gasteiger partial charge in [0.2, 0.25) is 0 Å². The number of nitrogens with zero attached hydrogens (tertiary/aromatic N) is 3. The second kappa shape index (κ2) is 6.64. The number of methoxy groups -OCH3 is 1. The Balaban J connectivity index is 1.83. The maximum absolute atomic E-state index is 12.5. The first-order valence-corrected chi connectivity index (χ1v) is 7.66. The lowest BCUT2D eigenvalue weighted by molar-refractivity contribution is 0.0948. The Morgan fingerprint density at radius 3 is 2.92 bits per heavy atom. The third-order valence-corrected chi connectivity index (χ3v) is 3.79. The summed E-state index contributed by atoms with van der Waals surface area (Å²) in [5, 5.41) is 13.9. The molecule has 3 aromatic rings. The van der Waals surface area contributed by atoms with E-state index in [1.807, 2.05) is 19.1 Å². The molecule has 2 heterocycles. The Morgan fingerprint density at radius 1 is 1.36 bits per heavy atom. The molecule has 7 nitrogen and oxygen atoms in total. The van der Waals surface area contributed by atoms with Crippen molar-refractivity contribution in [3.8, 4) is 11.5 Å². The van der Waals surface area contributed by atoms with Crippen LogP contribution in [0.4, 0.5) is 0 Å². The van der Waals surface area contributed by atoms with Gasteiger partial charge in [0.25, 0.3) is 5.91 Å². The van der Waals surface area contributed by atoms with Crippen molar-refractivity contribution >= 4 is 17.8 Å². The summed E-state index contributed by atoms with van der Waals surface area (Å²) in [4.78, 5) is 16.8. The molecule has 0 atom stereocenters. The number of nitrogens with one attached hydrogen (secondary N) is 1. The van der Waals surface area contributed by atoms with E-state index < -0.39 is 0 Å². The first kappa shape index (κ1) is 16.5. The van der Waals surface area contributed by atoms with E-state index in [1.165, 1.54) is 13.3 Å². The first-order chi connectivity index (χ1) is 12.0. The number of fused-ring (bicyclic) bond motifs is 1. The molecular formula is C18H18N4O3. The minimum absolute atomic E-state index is 0.0375. The van der Waals surface area contributed by atoms with Crippen molar-refractivity contribution < 1.29 is 14.6 Å². The number of phenols is 1. The summed E-state index contributed by atoms with van der Waals surface area (Å²) in [5.41, 5.74) is 5.70. The number of ether oxygens (including phenoxy) is 1. The van der Waals surface area contributed by atoms with Crippen molar-refractivity contribution in [1.29, 1.82) is 0 Å². The first-order valence-electron chi connectivity index (χ1n) is 7.66. The highest BCUT2D eigenvalue weighted by atomic mass is 16.5. The zero-order valence-corrected chi connectivity index (χ0v) is 14.1. The molecule has 0 saturated heterocycles. The number of benzene rings is 1. The van der Waals surface area contributed by atoms with Crippen molar-refractivity contribution in [3.05, 3.63) is 59.0 Å². The molecule has 0 unspecified atom stereocenters. The van der Waals surface area contributed by atoms with Crippen molar-refractivity contribution in [3.63, 3.8) is 0 Å². The standard InChI is InChI=1S/C18H18N4O3/c1-11-7-8-22-15(9-11)20-12(2)16(22)18(24)21-19-10-13-5-4-6-14(25-3)17(13)23/h4-10,23H,1-3H3,(H,21,24). The summed E-state index contributed by atoms with van der Waals surface area (Å²) in [5.74, 6) is -0.0831. The Morgan fingerprint density at radius 2 is 2.16 bits per heavy atom. The lowest BCUT2D eigenvalue weighted by Gasteiger charge is -2.05. The third kappa shape index (κ3) is 3.16. The minimum atomic E-state index is -0.382. The van der Waals surface area contributed by atoms with E-state index in [-0.39, 0.29) is 11.7 Å². The number of aryl methyl sites for hydroxylation is 2. The fourth-order valence-electron chi connectivity index (χ4n) is 2.56. The van der Waals surface area contributed by atoms with Crippen LogP contribution in [0.5, 0.6) is 11.5 Å². The fraction of sp³-hybridized carbons (Fsp3) is 0.167. The molecule has 7 heteroatoms. The molecule has 1 amide bonds. The average Bonchev–Trinajstić information content (AvgIpc) is 2.91. The van der Waals surface area contributed by atoms with E-state index in [9.17, 15) is 9.90 Å². The molecule has 3 rings (SSSR count). The van der Waals surface area contributed by atoms with Gasteiger partial charge in [-0.25, -0.2) is 10.4 Å². The number of carbonyl (C=O) groups excluding carboxylic acids is 1. The number of rotatable bonds is 4. The molecule has 128 valence electrons. The predicted octanol–water partition coefficient (Wildman–Crippen LogP) is 2.43. The van der Waals surface area contributed by atoms with E-state index in [0.29, 0.717) is 28.3 Å². The van der Waals surface area contributed by atoms with Crippen LogP contribution < -0.4 is 10.2 Å². The molecule has 2 aromatic heterocycles. The number of para-hydroxylation sites is 1. The normalized spacial score (nSPS) is 11.2. The number of aromatic nitrogens is 2. The lowest BCUT2D eigenvalue weighted by atomic mass is 10.2. The van der Waals surface area contributed by atoms with Crippen LogP contribution >= 0.6 is 0 Å². The van der Waals surface area contributed by atoms with Crippen molar-refractivity contribution in [2.24, 2.45) is 5.10 Å². The van der Waals surface area contributed by atoms with Crippen LogP contribution in [0.15, 0.2) is 41.6 Å². The number of phenolic OH excluding ortho intramolecular Hbond substituents is 1. The van der Waals surface area contributed by atoms with E-state index in [4.69, 9.17) is 4.74 Å². The molecular weight excluding hydrogens is 320 g/mol. The molecule has 0 bridgehead atoms. The number of aromatic hydroxyl groups is 1. The zero-order valence-electron chi connectivity index (χ0n) is 14.1. The van der Waals surface area contributed by atoms with E-state index in [0.717, 1.165) is 5.56 Å². The molecule has 1 aromatic carbocycles. The Labute approximate surface area is 144 Å². The van der Waals surface area contributed by atoms with Crippen LogP contribution in [0.1, 0.15) is 27.3 Å². The highest BCUT2D eigenvalue weighted by Gasteiger charge is 2.16. The predicted molar refractivity (Wildman–Crippen MR) is 94.4 cm³/mol. The van der Waals surface area contributed by atoms with Gasteiger partial charge in [-0.2, -0.15) is 5.10 Å². The molecule has 2 N–H and O–H groups in total. The summed E-state index contributed by atoms with van der Waals surface area (Å²) < 4.78 is 6.75. The largest absolute Gasteiger partial charge is 0.504 e. The molecule has 0 spiro atoms. The van der Waals surface area contributed by atoms with Gasteiger partial charge >= 0.3 is 0 Å². The number of pyridine rings is 1. The number of hydrogen-bond acceptors (Lipinski definition) is 5. The van der Waals surface area contributed by atoms with Crippen LogP contribution in [0.3, 0.4) is 0 Å². The highest BCUT2D eigenvalue weighted by molar-refractivity contribution is 5.95. The molecule has 0 aliphatic rings. The Hall–Kier alpha value is -3.35. The Bertz CT molecular complexity index is 976. The van der Waals surface area contributed by atoms with Gasteiger partial charge in [-0.3, -0.25) is 9.20 Å². The number of hydrazone groups is 1. The van der Waals surface area contributed by atoms with Crippen molar-refractivity contribution in [2.45, 2.75) is 13.8 Å². The van der Waals surface area contributed by atoms with Gasteiger partial charge in [0.05, 0.1) is 19.0 Å². The summed E-state index contributed by atoms with van der Waals surface area (Å²) in [6.07, 6.45) is 3.16. The van der Waals surface area contributed by atoms with E-state index in [1.54, 1.807) is 35.7 Å². The molecule has 0 aliphatic heterocycles. The quantitative estimate of drug-likeness (QED) is 0.565. The SMILES string of the molecule is COc1cccc(C=NNC(=O)c2c(C)nc3cc(C)ccn23)c1O. The van der Waals surface area contributed by atoms with Crippen LogP contribution in [-0.2, 0) is 0 Å². The second-order valence-electron chi connectivity index (χ2n) is 5.58. The monoisotopic (exact) mass is 338 g/mol. The van der Waals surface area contributed by atoms with Crippen LogP contribution in [0.2, 0.25) is 0 Å². The van der Waals surface area contributed by atoms with Gasteiger partial charge < -0.3 is 9.84 Å². The van der Waals surface area contributed by atoms with Crippen LogP contribution in [-0.4, -0.2) is 33.7 Å². The molecule has 0 aliphatic carbocycles. The Kier molecular flexibility index (Phi) is 4.38. The van der Waals surface area contributed by atoms with Gasteiger partial charge in [-0.05, 0) is 43.7 Å². The third-order valence-electron chi connectivity index (χ3n) is 3.79. The minimum Gasteiger partial charge on any atom is -0.504 e. The molecule has 0 fully saturated rings. The van der Waals surface area contributed by atoms with E-state index >= 15 is 0 Å². The highest BCUT2D eigenvalue weighted by Crippen LogP contribution is 2.27. The zero-order chi connectivity index (χ0) is 18.0. The summed E-state index contributed by atoms with van der Waals surface area (Å²) in [6.45, 7) is 3.74. The van der Waals surface area contributed by atoms with Crippen molar-refractivity contribution in [2.75, 3.05) is 7.11 Å². The summed E-state index contributed by atoms with van der Waals surface area (Å²) >= 11 is 0. The molecule has 0 saturated carbocycles. The number of hydrogen-bond donors (Lipinski definition) is 2. The van der Waals surface area contributed by atoms with Crippen LogP contribution in [0, 0.1) is 13.8 Å². The molecule has 0 radical (unpaired) electrons. The average molecular weight is 338 g/mol. The number of carbonyl (C=O) groups is 1. The summed E-state index contributed by atoms with van der Waals surface area (Å²) in [6, 6.07) is 8.83. The fourth-order valence-corrected chi connectivity index (χ4v) is 2.56. The number of amides is 1. The van der Waals surface area contributed by atoms with Gasteiger partial charge in [-0.1, -0.05) is 6.07 Å². The smallest absolute Gasteiger partial charge is 0.290 e. The van der Waals surface area contributed by atoms with Gasteiger partial charge in [0.15, 0.2) is 11.5 Å². The van der Waals surface area contributed by atoms with E-state index in [2.05, 4.69) is 15.5 Å². The van der Waals surface area contributed by atoms with Gasteiger partial charge in [-0.15, -0.1) is 0 Å².